The van der Waals surface area contributed by atoms with E-state index in [2.05, 4.69) is 32.7 Å². The summed E-state index contributed by atoms with van der Waals surface area (Å²) in [5.41, 5.74) is 0. The smallest absolute Gasteiger partial charge is 0.147 e. The third-order valence-electron chi connectivity index (χ3n) is 3.05. The summed E-state index contributed by atoms with van der Waals surface area (Å²) in [6.07, 6.45) is 3.01. The Bertz CT molecular complexity index is 345. The molecule has 15 heavy (non-hydrogen) atoms. The molecule has 0 radical (unpaired) electrons. The molecule has 2 nitrogen and oxygen atoms in total. The van der Waals surface area contributed by atoms with Crippen LogP contribution in [0.25, 0.3) is 0 Å². The lowest BCUT2D eigenvalue weighted by molar-refractivity contribution is 0.553. The first-order valence-electron chi connectivity index (χ1n) is 5.17. The monoisotopic (exact) mass is 288 g/mol. The molecule has 0 aliphatic carbocycles. The minimum atomic E-state index is 0.511. The van der Waals surface area contributed by atoms with Gasteiger partial charge in [0.15, 0.2) is 0 Å². The number of pyridine rings is 1. The topological polar surface area (TPSA) is 16.1 Å². The SMILES string of the molecule is CC1CCN(c2ncccc2Cl)C1CBr. The Balaban J connectivity index is 2.28. The van der Waals surface area contributed by atoms with Crippen molar-refractivity contribution in [1.82, 2.24) is 4.98 Å². The van der Waals surface area contributed by atoms with E-state index in [1.54, 1.807) is 6.20 Å². The van der Waals surface area contributed by atoms with E-state index in [1.807, 2.05) is 12.1 Å². The second kappa shape index (κ2) is 4.71. The van der Waals surface area contributed by atoms with Gasteiger partial charge in [0.25, 0.3) is 0 Å². The molecular weight excluding hydrogens is 275 g/mol. The Kier molecular flexibility index (Phi) is 3.52. The third kappa shape index (κ3) is 2.13. The maximum absolute atomic E-state index is 6.15. The quantitative estimate of drug-likeness (QED) is 0.776. The van der Waals surface area contributed by atoms with E-state index >= 15 is 0 Å². The molecule has 0 aromatic carbocycles. The van der Waals surface area contributed by atoms with E-state index in [1.165, 1.54) is 6.42 Å². The first kappa shape index (κ1) is 11.2. The minimum absolute atomic E-state index is 0.511. The molecule has 1 aromatic rings. The Hall–Kier alpha value is -0.280. The van der Waals surface area contributed by atoms with Crippen LogP contribution in [0, 0.1) is 5.92 Å². The van der Waals surface area contributed by atoms with Crippen LogP contribution in [0.5, 0.6) is 0 Å². The fourth-order valence-corrected chi connectivity index (χ4v) is 3.31. The normalized spacial score (nSPS) is 25.9. The number of alkyl halides is 1. The molecule has 1 saturated heterocycles. The van der Waals surface area contributed by atoms with E-state index in [-0.39, 0.29) is 0 Å². The summed E-state index contributed by atoms with van der Waals surface area (Å²) in [6.45, 7) is 3.33. The largest absolute Gasteiger partial charge is 0.351 e. The summed E-state index contributed by atoms with van der Waals surface area (Å²) >= 11 is 9.72. The fraction of sp³-hybridized carbons (Fsp3) is 0.545. The van der Waals surface area contributed by atoms with Gasteiger partial charge in [-0.15, -0.1) is 0 Å². The van der Waals surface area contributed by atoms with Gasteiger partial charge in [-0.1, -0.05) is 34.5 Å². The van der Waals surface area contributed by atoms with Crippen molar-refractivity contribution < 1.29 is 0 Å². The molecular formula is C11H14BrClN2. The van der Waals surface area contributed by atoms with Crippen LogP contribution < -0.4 is 4.90 Å². The van der Waals surface area contributed by atoms with Crippen LogP contribution in [-0.2, 0) is 0 Å². The van der Waals surface area contributed by atoms with E-state index < -0.39 is 0 Å². The van der Waals surface area contributed by atoms with Crippen molar-refractivity contribution in [1.29, 1.82) is 0 Å². The van der Waals surface area contributed by atoms with Crippen molar-refractivity contribution in [2.75, 3.05) is 16.8 Å². The summed E-state index contributed by atoms with van der Waals surface area (Å²) in [7, 11) is 0. The average molecular weight is 290 g/mol. The summed E-state index contributed by atoms with van der Waals surface area (Å²) in [5, 5.41) is 1.72. The first-order valence-corrected chi connectivity index (χ1v) is 6.67. The molecule has 2 rings (SSSR count). The second-order valence-electron chi connectivity index (χ2n) is 3.99. The van der Waals surface area contributed by atoms with Crippen molar-refractivity contribution in [2.24, 2.45) is 5.92 Å². The van der Waals surface area contributed by atoms with Gasteiger partial charge in [0.05, 0.1) is 5.02 Å². The van der Waals surface area contributed by atoms with Crippen LogP contribution >= 0.6 is 27.5 Å². The minimum Gasteiger partial charge on any atom is -0.351 e. The summed E-state index contributed by atoms with van der Waals surface area (Å²) in [4.78, 5) is 6.67. The highest BCUT2D eigenvalue weighted by Gasteiger charge is 2.31. The number of anilines is 1. The van der Waals surface area contributed by atoms with Crippen molar-refractivity contribution >= 4 is 33.3 Å². The lowest BCUT2D eigenvalue weighted by Gasteiger charge is -2.26. The van der Waals surface area contributed by atoms with E-state index in [0.717, 1.165) is 22.7 Å². The number of halogens is 2. The summed E-state index contributed by atoms with van der Waals surface area (Å²) in [6, 6.07) is 4.28. The molecule has 0 amide bonds. The molecule has 0 bridgehead atoms. The molecule has 4 heteroatoms. The lowest BCUT2D eigenvalue weighted by Crippen LogP contribution is -2.34. The molecule has 0 spiro atoms. The zero-order valence-electron chi connectivity index (χ0n) is 8.66. The molecule has 2 heterocycles. The molecule has 0 N–H and O–H groups in total. The van der Waals surface area contributed by atoms with Gasteiger partial charge in [-0.2, -0.15) is 0 Å². The highest BCUT2D eigenvalue weighted by molar-refractivity contribution is 9.09. The Morgan fingerprint density at radius 2 is 2.47 bits per heavy atom. The Morgan fingerprint density at radius 1 is 1.67 bits per heavy atom. The first-order chi connectivity index (χ1) is 7.24. The Morgan fingerprint density at radius 3 is 3.13 bits per heavy atom. The predicted octanol–water partition coefficient (Wildman–Crippen LogP) is 3.34. The van der Waals surface area contributed by atoms with E-state index in [0.29, 0.717) is 12.0 Å². The highest BCUT2D eigenvalue weighted by Crippen LogP contribution is 2.33. The van der Waals surface area contributed by atoms with Gasteiger partial charge in [0.1, 0.15) is 5.82 Å². The van der Waals surface area contributed by atoms with Gasteiger partial charge in [-0.05, 0) is 24.5 Å². The lowest BCUT2D eigenvalue weighted by atomic mass is 10.1. The van der Waals surface area contributed by atoms with Crippen LogP contribution in [0.1, 0.15) is 13.3 Å². The molecule has 1 aliphatic heterocycles. The number of hydrogen-bond donors (Lipinski definition) is 0. The van der Waals surface area contributed by atoms with E-state index in [4.69, 9.17) is 11.6 Å². The number of aromatic nitrogens is 1. The van der Waals surface area contributed by atoms with Crippen LogP contribution in [0.3, 0.4) is 0 Å². The molecule has 1 aliphatic rings. The van der Waals surface area contributed by atoms with Crippen molar-refractivity contribution in [3.05, 3.63) is 23.4 Å². The van der Waals surface area contributed by atoms with Crippen molar-refractivity contribution in [3.63, 3.8) is 0 Å². The molecule has 82 valence electrons. The highest BCUT2D eigenvalue weighted by atomic mass is 79.9. The van der Waals surface area contributed by atoms with Crippen LogP contribution in [0.4, 0.5) is 5.82 Å². The average Bonchev–Trinajstić information content (AvgIpc) is 2.60. The maximum Gasteiger partial charge on any atom is 0.147 e. The molecule has 2 atom stereocenters. The maximum atomic E-state index is 6.15. The van der Waals surface area contributed by atoms with Gasteiger partial charge in [0, 0.05) is 24.1 Å². The molecule has 1 aromatic heterocycles. The third-order valence-corrected chi connectivity index (χ3v) is 4.01. The van der Waals surface area contributed by atoms with Gasteiger partial charge in [-0.3, -0.25) is 0 Å². The predicted molar refractivity (Wildman–Crippen MR) is 68.0 cm³/mol. The zero-order valence-corrected chi connectivity index (χ0v) is 11.0. The van der Waals surface area contributed by atoms with Gasteiger partial charge in [0.2, 0.25) is 0 Å². The molecule has 1 fully saturated rings. The van der Waals surface area contributed by atoms with Crippen molar-refractivity contribution in [2.45, 2.75) is 19.4 Å². The number of nitrogens with zero attached hydrogens (tertiary/aromatic N) is 2. The molecule has 0 saturated carbocycles. The zero-order chi connectivity index (χ0) is 10.8. The molecule has 2 unspecified atom stereocenters. The van der Waals surface area contributed by atoms with Crippen LogP contribution in [0.15, 0.2) is 18.3 Å². The fourth-order valence-electron chi connectivity index (χ4n) is 2.10. The van der Waals surface area contributed by atoms with Crippen LogP contribution in [-0.4, -0.2) is 22.9 Å². The van der Waals surface area contributed by atoms with Crippen LogP contribution in [0.2, 0.25) is 5.02 Å². The standard InChI is InChI=1S/C11H14BrClN2/c1-8-4-6-15(10(8)7-12)11-9(13)3-2-5-14-11/h2-3,5,8,10H,4,6-7H2,1H3. The van der Waals surface area contributed by atoms with Gasteiger partial charge < -0.3 is 4.90 Å². The van der Waals surface area contributed by atoms with Crippen molar-refractivity contribution in [3.8, 4) is 0 Å². The second-order valence-corrected chi connectivity index (χ2v) is 5.04. The Labute approximate surface area is 104 Å². The van der Waals surface area contributed by atoms with E-state index in [9.17, 15) is 0 Å². The van der Waals surface area contributed by atoms with Gasteiger partial charge >= 0.3 is 0 Å². The summed E-state index contributed by atoms with van der Waals surface area (Å²) < 4.78 is 0. The number of rotatable bonds is 2. The van der Waals surface area contributed by atoms with Gasteiger partial charge in [-0.25, -0.2) is 4.98 Å². The number of hydrogen-bond acceptors (Lipinski definition) is 2. The summed E-state index contributed by atoms with van der Waals surface area (Å²) in [5.74, 6) is 1.62.